The highest BCUT2D eigenvalue weighted by Gasteiger charge is 2.20. The zero-order valence-electron chi connectivity index (χ0n) is 9.28. The molecule has 1 aromatic rings. The fraction of sp³-hybridized carbons (Fsp3) is 0.500. The van der Waals surface area contributed by atoms with Gasteiger partial charge in [0.1, 0.15) is 0 Å². The van der Waals surface area contributed by atoms with Gasteiger partial charge in [0.15, 0.2) is 0 Å². The summed E-state index contributed by atoms with van der Waals surface area (Å²) in [6, 6.07) is 3.80. The van der Waals surface area contributed by atoms with Crippen LogP contribution < -0.4 is 10.6 Å². The third-order valence-corrected chi connectivity index (χ3v) is 2.65. The molecule has 0 saturated heterocycles. The number of amides is 1. The normalized spacial score (nSPS) is 14.8. The molecule has 1 amide bonds. The molecule has 4 nitrogen and oxygen atoms in total. The van der Waals surface area contributed by atoms with Gasteiger partial charge >= 0.3 is 0 Å². The van der Waals surface area contributed by atoms with Crippen molar-refractivity contribution >= 4 is 5.91 Å². The maximum atomic E-state index is 11.4. The van der Waals surface area contributed by atoms with Crippen LogP contribution in [0.25, 0.3) is 0 Å². The summed E-state index contributed by atoms with van der Waals surface area (Å²) >= 11 is 0. The molecule has 1 saturated carbocycles. The molecule has 0 aromatic carbocycles. The van der Waals surface area contributed by atoms with Gasteiger partial charge in [-0.25, -0.2) is 0 Å². The predicted molar refractivity (Wildman–Crippen MR) is 61.7 cm³/mol. The standard InChI is InChI=1S/C12H17N3O/c16-12(9-14-7-10-1-2-10)15-8-11-3-5-13-6-4-11/h3-6,10,14H,1-2,7-9H2,(H,15,16). The van der Waals surface area contributed by atoms with E-state index in [1.54, 1.807) is 12.4 Å². The van der Waals surface area contributed by atoms with Crippen molar-refractivity contribution in [3.8, 4) is 0 Å². The second-order valence-corrected chi connectivity index (χ2v) is 4.21. The minimum atomic E-state index is 0.0532. The van der Waals surface area contributed by atoms with Gasteiger partial charge in [-0.2, -0.15) is 0 Å². The Bertz CT molecular complexity index is 335. The molecular weight excluding hydrogens is 202 g/mol. The fourth-order valence-electron chi connectivity index (χ4n) is 1.48. The first-order valence-electron chi connectivity index (χ1n) is 5.71. The monoisotopic (exact) mass is 219 g/mol. The molecule has 0 aliphatic heterocycles. The summed E-state index contributed by atoms with van der Waals surface area (Å²) in [6.45, 7) is 1.97. The molecule has 1 aliphatic carbocycles. The highest BCUT2D eigenvalue weighted by atomic mass is 16.1. The van der Waals surface area contributed by atoms with Gasteiger partial charge in [0.2, 0.25) is 5.91 Å². The van der Waals surface area contributed by atoms with Crippen molar-refractivity contribution in [2.45, 2.75) is 19.4 Å². The number of carbonyl (C=O) groups is 1. The van der Waals surface area contributed by atoms with Gasteiger partial charge in [0.05, 0.1) is 6.54 Å². The largest absolute Gasteiger partial charge is 0.351 e. The van der Waals surface area contributed by atoms with Crippen molar-refractivity contribution in [1.82, 2.24) is 15.6 Å². The first kappa shape index (κ1) is 11.1. The number of hydrogen-bond donors (Lipinski definition) is 2. The Kier molecular flexibility index (Phi) is 3.88. The molecule has 1 fully saturated rings. The molecular formula is C12H17N3O. The minimum Gasteiger partial charge on any atom is -0.351 e. The van der Waals surface area contributed by atoms with Gasteiger partial charge in [0.25, 0.3) is 0 Å². The van der Waals surface area contributed by atoms with E-state index in [0.29, 0.717) is 13.1 Å². The van der Waals surface area contributed by atoms with Crippen molar-refractivity contribution in [3.63, 3.8) is 0 Å². The van der Waals surface area contributed by atoms with Crippen molar-refractivity contribution in [2.75, 3.05) is 13.1 Å². The van der Waals surface area contributed by atoms with Crippen LogP contribution in [0.5, 0.6) is 0 Å². The van der Waals surface area contributed by atoms with E-state index >= 15 is 0 Å². The number of hydrogen-bond acceptors (Lipinski definition) is 3. The van der Waals surface area contributed by atoms with Crippen molar-refractivity contribution in [1.29, 1.82) is 0 Å². The van der Waals surface area contributed by atoms with Crippen LogP contribution in [-0.4, -0.2) is 24.0 Å². The van der Waals surface area contributed by atoms with Crippen LogP contribution in [0.3, 0.4) is 0 Å². The third-order valence-electron chi connectivity index (χ3n) is 2.65. The molecule has 1 heterocycles. The van der Waals surface area contributed by atoms with E-state index in [2.05, 4.69) is 15.6 Å². The van der Waals surface area contributed by atoms with E-state index in [1.165, 1.54) is 12.8 Å². The molecule has 86 valence electrons. The second-order valence-electron chi connectivity index (χ2n) is 4.21. The molecule has 0 atom stereocenters. The average molecular weight is 219 g/mol. The van der Waals surface area contributed by atoms with Crippen LogP contribution in [0, 0.1) is 5.92 Å². The van der Waals surface area contributed by atoms with E-state index < -0.39 is 0 Å². The van der Waals surface area contributed by atoms with Gasteiger partial charge in [-0.3, -0.25) is 9.78 Å². The average Bonchev–Trinajstić information content (AvgIpc) is 3.12. The maximum Gasteiger partial charge on any atom is 0.234 e. The molecule has 0 radical (unpaired) electrons. The van der Waals surface area contributed by atoms with E-state index in [0.717, 1.165) is 18.0 Å². The molecule has 1 aliphatic rings. The number of carbonyl (C=O) groups excluding carboxylic acids is 1. The number of nitrogens with one attached hydrogen (secondary N) is 2. The van der Waals surface area contributed by atoms with Gasteiger partial charge in [-0.05, 0) is 43.0 Å². The van der Waals surface area contributed by atoms with Crippen molar-refractivity contribution in [2.24, 2.45) is 5.92 Å². The summed E-state index contributed by atoms with van der Waals surface area (Å²) < 4.78 is 0. The molecule has 4 heteroatoms. The molecule has 2 N–H and O–H groups in total. The Morgan fingerprint density at radius 2 is 2.12 bits per heavy atom. The molecule has 2 rings (SSSR count). The summed E-state index contributed by atoms with van der Waals surface area (Å²) in [6.07, 6.45) is 6.08. The molecule has 16 heavy (non-hydrogen) atoms. The van der Waals surface area contributed by atoms with E-state index in [1.807, 2.05) is 12.1 Å². The highest BCUT2D eigenvalue weighted by Crippen LogP contribution is 2.27. The lowest BCUT2D eigenvalue weighted by Crippen LogP contribution is -2.34. The predicted octanol–water partition coefficient (Wildman–Crippen LogP) is 0.697. The summed E-state index contributed by atoms with van der Waals surface area (Å²) in [7, 11) is 0. The van der Waals surface area contributed by atoms with Crippen LogP contribution in [0.2, 0.25) is 0 Å². The van der Waals surface area contributed by atoms with Gasteiger partial charge in [-0.15, -0.1) is 0 Å². The Balaban J connectivity index is 1.59. The SMILES string of the molecule is O=C(CNCC1CC1)NCc1ccncc1. The Labute approximate surface area is 95.5 Å². The molecule has 0 unspecified atom stereocenters. The molecule has 0 spiro atoms. The van der Waals surface area contributed by atoms with E-state index in [4.69, 9.17) is 0 Å². The van der Waals surface area contributed by atoms with Crippen LogP contribution in [0.15, 0.2) is 24.5 Å². The summed E-state index contributed by atoms with van der Waals surface area (Å²) in [5.41, 5.74) is 1.07. The Morgan fingerprint density at radius 3 is 2.81 bits per heavy atom. The minimum absolute atomic E-state index is 0.0532. The molecule has 0 bridgehead atoms. The first-order valence-corrected chi connectivity index (χ1v) is 5.71. The van der Waals surface area contributed by atoms with E-state index in [9.17, 15) is 4.79 Å². The van der Waals surface area contributed by atoms with Gasteiger partial charge in [0, 0.05) is 18.9 Å². The van der Waals surface area contributed by atoms with Crippen LogP contribution >= 0.6 is 0 Å². The van der Waals surface area contributed by atoms with Crippen LogP contribution in [0.1, 0.15) is 18.4 Å². The quantitative estimate of drug-likeness (QED) is 0.740. The summed E-state index contributed by atoms with van der Waals surface area (Å²) in [5.74, 6) is 0.866. The lowest BCUT2D eigenvalue weighted by Gasteiger charge is -2.06. The van der Waals surface area contributed by atoms with Crippen molar-refractivity contribution < 1.29 is 4.79 Å². The van der Waals surface area contributed by atoms with Crippen LogP contribution in [-0.2, 0) is 11.3 Å². The smallest absolute Gasteiger partial charge is 0.234 e. The maximum absolute atomic E-state index is 11.4. The Hall–Kier alpha value is -1.42. The lowest BCUT2D eigenvalue weighted by atomic mass is 10.3. The summed E-state index contributed by atoms with van der Waals surface area (Å²) in [5, 5.41) is 6.02. The van der Waals surface area contributed by atoms with Gasteiger partial charge < -0.3 is 10.6 Å². The number of rotatable bonds is 6. The lowest BCUT2D eigenvalue weighted by molar-refractivity contribution is -0.120. The third kappa shape index (κ3) is 3.98. The number of aromatic nitrogens is 1. The van der Waals surface area contributed by atoms with E-state index in [-0.39, 0.29) is 5.91 Å². The highest BCUT2D eigenvalue weighted by molar-refractivity contribution is 5.77. The fourth-order valence-corrected chi connectivity index (χ4v) is 1.48. The molecule has 1 aromatic heterocycles. The first-order chi connectivity index (χ1) is 7.84. The zero-order chi connectivity index (χ0) is 11.2. The van der Waals surface area contributed by atoms with Crippen molar-refractivity contribution in [3.05, 3.63) is 30.1 Å². The number of pyridine rings is 1. The topological polar surface area (TPSA) is 54.0 Å². The van der Waals surface area contributed by atoms with Crippen LogP contribution in [0.4, 0.5) is 0 Å². The summed E-state index contributed by atoms with van der Waals surface area (Å²) in [4.78, 5) is 15.4. The second kappa shape index (κ2) is 5.61. The number of nitrogens with zero attached hydrogens (tertiary/aromatic N) is 1. The van der Waals surface area contributed by atoms with Gasteiger partial charge in [-0.1, -0.05) is 0 Å². The Morgan fingerprint density at radius 1 is 1.38 bits per heavy atom. The zero-order valence-corrected chi connectivity index (χ0v) is 9.28.